The number of aromatic carboxylic acids is 2. The highest BCUT2D eigenvalue weighted by Gasteiger charge is 2.52. The van der Waals surface area contributed by atoms with Crippen LogP contribution in [0.25, 0.3) is 6.08 Å². The molecule has 4 atom stereocenters. The fourth-order valence-corrected chi connectivity index (χ4v) is 5.44. The van der Waals surface area contributed by atoms with Crippen molar-refractivity contribution in [2.24, 2.45) is 0 Å². The Morgan fingerprint density at radius 1 is 0.755 bits per heavy atom. The predicted octanol–water partition coefficient (Wildman–Crippen LogP) is 3.01. The van der Waals surface area contributed by atoms with Gasteiger partial charge in [-0.2, -0.15) is 0 Å². The minimum absolute atomic E-state index is 0.0485. The van der Waals surface area contributed by atoms with Crippen LogP contribution in [0.15, 0.2) is 60.7 Å². The summed E-state index contributed by atoms with van der Waals surface area (Å²) in [6.07, 6.45) is -5.73. The first-order valence-electron chi connectivity index (χ1n) is 15.8. The molecule has 4 unspecified atom stereocenters. The predicted molar refractivity (Wildman–Crippen MR) is 180 cm³/mol. The molecule has 1 fully saturated rings. The molecule has 3 aromatic rings. The number of ether oxygens (including phenoxy) is 3. The highest BCUT2D eigenvalue weighted by Crippen LogP contribution is 2.34. The number of hydrogen-bond acceptors (Lipinski definition) is 13. The van der Waals surface area contributed by atoms with Crippen LogP contribution >= 0.6 is 0 Å². The normalized spacial score (nSPS) is 19.7. The van der Waals surface area contributed by atoms with E-state index in [1.54, 1.807) is 19.1 Å². The van der Waals surface area contributed by atoms with E-state index in [0.717, 1.165) is 42.5 Å². The van der Waals surface area contributed by atoms with Gasteiger partial charge in [0.15, 0.2) is 11.4 Å². The molecule has 16 heteroatoms. The van der Waals surface area contributed by atoms with Gasteiger partial charge in [0.2, 0.25) is 0 Å². The SMILES string of the molecule is Cc1ccc(/C=C/C(=O)OC2CC(O)(C(=O)O)CC(OC(=O)c3cc(C(=O)c4ccc(C(=O)O)c(C(=O)OC(C)C)c4)ccc3C(=O)O)C2O)cc1O. The van der Waals surface area contributed by atoms with Crippen molar-refractivity contribution in [1.29, 1.82) is 0 Å². The van der Waals surface area contributed by atoms with Crippen LogP contribution < -0.4 is 0 Å². The van der Waals surface area contributed by atoms with Crippen molar-refractivity contribution < 1.29 is 78.4 Å². The molecule has 0 aliphatic heterocycles. The average Bonchev–Trinajstić information content (AvgIpc) is 3.09. The lowest BCUT2D eigenvalue weighted by molar-refractivity contribution is -0.196. The summed E-state index contributed by atoms with van der Waals surface area (Å²) in [5.74, 6) is -9.46. The number of aliphatic hydroxyl groups is 2. The number of benzene rings is 3. The van der Waals surface area contributed by atoms with Gasteiger partial charge in [-0.05, 0) is 68.3 Å². The van der Waals surface area contributed by atoms with Crippen molar-refractivity contribution in [2.75, 3.05) is 0 Å². The Kier molecular flexibility index (Phi) is 11.8. The topological polar surface area (TPSA) is 269 Å². The van der Waals surface area contributed by atoms with Gasteiger partial charge in [-0.25, -0.2) is 28.8 Å². The molecule has 0 bridgehead atoms. The monoisotopic (exact) mass is 734 g/mol. The molecular formula is C37H34O16. The molecule has 1 aliphatic carbocycles. The molecule has 0 amide bonds. The number of aromatic hydroxyl groups is 1. The van der Waals surface area contributed by atoms with Crippen LogP contribution in [0.1, 0.15) is 95.2 Å². The molecule has 0 heterocycles. The fraction of sp³-hybridized carbons (Fsp3) is 0.270. The highest BCUT2D eigenvalue weighted by atomic mass is 16.6. The van der Waals surface area contributed by atoms with Gasteiger partial charge < -0.3 is 44.8 Å². The van der Waals surface area contributed by atoms with E-state index >= 15 is 0 Å². The molecule has 16 nitrogen and oxygen atoms in total. The summed E-state index contributed by atoms with van der Waals surface area (Å²) in [5, 5.41) is 60.8. The third-order valence-corrected chi connectivity index (χ3v) is 8.22. The second-order valence-electron chi connectivity index (χ2n) is 12.4. The van der Waals surface area contributed by atoms with Gasteiger partial charge in [-0.15, -0.1) is 0 Å². The Labute approximate surface area is 300 Å². The van der Waals surface area contributed by atoms with E-state index in [9.17, 15) is 64.2 Å². The molecule has 1 saturated carbocycles. The van der Waals surface area contributed by atoms with Crippen LogP contribution in [0.5, 0.6) is 5.75 Å². The number of carbonyl (C=O) groups is 7. The van der Waals surface area contributed by atoms with Gasteiger partial charge in [0.25, 0.3) is 0 Å². The van der Waals surface area contributed by atoms with Crippen molar-refractivity contribution in [3.8, 4) is 5.75 Å². The largest absolute Gasteiger partial charge is 0.508 e. The molecule has 4 rings (SSSR count). The Hall–Kier alpha value is -6.39. The molecule has 6 N–H and O–H groups in total. The maximum absolute atomic E-state index is 13.5. The molecular weight excluding hydrogens is 700 g/mol. The second kappa shape index (κ2) is 15.9. The molecule has 1 aliphatic rings. The molecule has 0 spiro atoms. The van der Waals surface area contributed by atoms with Crippen LogP contribution in [-0.2, 0) is 23.8 Å². The average molecular weight is 735 g/mol. The van der Waals surface area contributed by atoms with E-state index in [4.69, 9.17) is 14.2 Å². The third-order valence-electron chi connectivity index (χ3n) is 8.22. The van der Waals surface area contributed by atoms with Crippen molar-refractivity contribution in [2.45, 2.75) is 63.6 Å². The van der Waals surface area contributed by atoms with Crippen molar-refractivity contribution in [3.63, 3.8) is 0 Å². The summed E-state index contributed by atoms with van der Waals surface area (Å²) in [5.41, 5.74) is -4.60. The summed E-state index contributed by atoms with van der Waals surface area (Å²) in [6.45, 7) is 4.71. The number of rotatable bonds is 12. The molecule has 0 aromatic heterocycles. The van der Waals surface area contributed by atoms with Crippen molar-refractivity contribution >= 4 is 47.7 Å². The van der Waals surface area contributed by atoms with Gasteiger partial charge in [0, 0.05) is 30.0 Å². The summed E-state index contributed by atoms with van der Waals surface area (Å²) >= 11 is 0. The first kappa shape index (κ1) is 39.4. The van der Waals surface area contributed by atoms with Crippen LogP contribution in [0.3, 0.4) is 0 Å². The number of carboxylic acids is 3. The van der Waals surface area contributed by atoms with E-state index in [1.807, 2.05) is 0 Å². The lowest BCUT2D eigenvalue weighted by Crippen LogP contribution is -2.58. The summed E-state index contributed by atoms with van der Waals surface area (Å²) in [7, 11) is 0. The number of hydrogen-bond donors (Lipinski definition) is 6. The van der Waals surface area contributed by atoms with Crippen LogP contribution in [0.4, 0.5) is 0 Å². The number of phenolic OH excluding ortho intramolecular Hbond substituents is 1. The van der Waals surface area contributed by atoms with Gasteiger partial charge in [0.1, 0.15) is 24.1 Å². The van der Waals surface area contributed by atoms with E-state index < -0.39 is 107 Å². The van der Waals surface area contributed by atoms with Gasteiger partial charge >= 0.3 is 35.8 Å². The minimum atomic E-state index is -2.69. The summed E-state index contributed by atoms with van der Waals surface area (Å²) in [6, 6.07) is 10.3. The Morgan fingerprint density at radius 3 is 1.77 bits per heavy atom. The van der Waals surface area contributed by atoms with Crippen molar-refractivity contribution in [3.05, 3.63) is 105 Å². The summed E-state index contributed by atoms with van der Waals surface area (Å²) in [4.78, 5) is 88.1. The molecule has 3 aromatic carbocycles. The van der Waals surface area contributed by atoms with Gasteiger partial charge in [0.05, 0.1) is 28.4 Å². The van der Waals surface area contributed by atoms with Crippen LogP contribution in [0.2, 0.25) is 0 Å². The Morgan fingerprint density at radius 2 is 1.28 bits per heavy atom. The molecule has 0 radical (unpaired) electrons. The number of aryl methyl sites for hydroxylation is 1. The fourth-order valence-electron chi connectivity index (χ4n) is 5.44. The van der Waals surface area contributed by atoms with Gasteiger partial charge in [-0.1, -0.05) is 24.3 Å². The first-order valence-corrected chi connectivity index (χ1v) is 15.8. The van der Waals surface area contributed by atoms with Crippen molar-refractivity contribution in [1.82, 2.24) is 0 Å². The Balaban J connectivity index is 1.62. The number of ketones is 1. The van der Waals surface area contributed by atoms with Crippen LogP contribution in [0, 0.1) is 6.92 Å². The van der Waals surface area contributed by atoms with E-state index in [-0.39, 0.29) is 16.9 Å². The molecule has 53 heavy (non-hydrogen) atoms. The first-order chi connectivity index (χ1) is 24.8. The lowest BCUT2D eigenvalue weighted by Gasteiger charge is -2.40. The maximum Gasteiger partial charge on any atom is 0.339 e. The number of phenols is 1. The maximum atomic E-state index is 13.5. The standard InChI is InChI=1S/C37H34O16/c1-17(2)51-34(46)24-13-20(7-9-22(24)32(42)43)30(40)21-8-10-23(33(44)45)25(14-21)35(47)53-28-16-37(50,36(48)49)15-27(31(28)41)52-29(39)11-6-19-5-4-18(3)26(38)12-19/h4-14,17,27-28,31,38,41,50H,15-16H2,1-3H3,(H,42,43)(H,44,45)(H,48,49)/b11-6+. The summed E-state index contributed by atoms with van der Waals surface area (Å²) < 4.78 is 15.6. The second-order valence-corrected chi connectivity index (χ2v) is 12.4. The van der Waals surface area contributed by atoms with E-state index in [1.165, 1.54) is 26.0 Å². The zero-order chi connectivity index (χ0) is 39.4. The van der Waals surface area contributed by atoms with E-state index in [2.05, 4.69) is 0 Å². The highest BCUT2D eigenvalue weighted by molar-refractivity contribution is 6.13. The zero-order valence-corrected chi connectivity index (χ0v) is 28.3. The number of esters is 3. The quantitative estimate of drug-likeness (QED) is 0.0675. The molecule has 0 saturated heterocycles. The van der Waals surface area contributed by atoms with Crippen LogP contribution in [-0.4, -0.2) is 102 Å². The number of aliphatic hydroxyl groups excluding tert-OH is 1. The zero-order valence-electron chi connectivity index (χ0n) is 28.3. The van der Waals surface area contributed by atoms with Gasteiger partial charge in [-0.3, -0.25) is 4.79 Å². The lowest BCUT2D eigenvalue weighted by atomic mass is 9.79. The molecule has 278 valence electrons. The van der Waals surface area contributed by atoms with E-state index in [0.29, 0.717) is 11.1 Å². The smallest absolute Gasteiger partial charge is 0.339 e. The number of carboxylic acid groups (broad SMARTS) is 3. The third kappa shape index (κ3) is 9.10. The Bertz CT molecular complexity index is 2030. The minimum Gasteiger partial charge on any atom is -0.508 e. The number of aliphatic carboxylic acids is 1. The number of carbonyl (C=O) groups excluding carboxylic acids is 4.